The number of carbonyl (C=O) groups excluding carboxylic acids is 1. The van der Waals surface area contributed by atoms with Gasteiger partial charge in [0, 0.05) is 28.2 Å². The standard InChI is InChI=1S/C15H19BrN2O/c1-9-6-10(2-5-14(9)16)15(19)18-12-3-4-13(18)8-11(17)7-12/h2,5-6,11-13H,3-4,7-8,17H2,1H3. The van der Waals surface area contributed by atoms with Gasteiger partial charge in [-0.05, 0) is 56.4 Å². The zero-order valence-corrected chi connectivity index (χ0v) is 12.7. The topological polar surface area (TPSA) is 46.3 Å². The number of nitrogens with two attached hydrogens (primary N) is 1. The number of hydrogen-bond acceptors (Lipinski definition) is 2. The van der Waals surface area contributed by atoms with Crippen LogP contribution in [0.4, 0.5) is 0 Å². The molecule has 2 unspecified atom stereocenters. The molecule has 19 heavy (non-hydrogen) atoms. The summed E-state index contributed by atoms with van der Waals surface area (Å²) in [5, 5.41) is 0. The second kappa shape index (κ2) is 4.91. The van der Waals surface area contributed by atoms with Crippen molar-refractivity contribution in [1.29, 1.82) is 0 Å². The van der Waals surface area contributed by atoms with Crippen LogP contribution in [-0.2, 0) is 0 Å². The molecule has 2 heterocycles. The van der Waals surface area contributed by atoms with Crippen molar-refractivity contribution in [2.45, 2.75) is 50.7 Å². The van der Waals surface area contributed by atoms with Crippen molar-refractivity contribution >= 4 is 21.8 Å². The highest BCUT2D eigenvalue weighted by molar-refractivity contribution is 9.10. The zero-order valence-electron chi connectivity index (χ0n) is 11.1. The number of aryl methyl sites for hydroxylation is 1. The Bertz CT molecular complexity index is 503. The molecule has 2 saturated heterocycles. The van der Waals surface area contributed by atoms with Crippen molar-refractivity contribution in [2.24, 2.45) is 5.73 Å². The third kappa shape index (κ3) is 2.32. The first-order chi connectivity index (χ1) is 9.06. The highest BCUT2D eigenvalue weighted by atomic mass is 79.9. The van der Waals surface area contributed by atoms with Gasteiger partial charge in [-0.15, -0.1) is 0 Å². The maximum atomic E-state index is 12.7. The van der Waals surface area contributed by atoms with Gasteiger partial charge < -0.3 is 10.6 Å². The van der Waals surface area contributed by atoms with Crippen LogP contribution in [0.15, 0.2) is 22.7 Å². The van der Waals surface area contributed by atoms with Crippen molar-refractivity contribution in [1.82, 2.24) is 4.90 Å². The van der Waals surface area contributed by atoms with Crippen LogP contribution < -0.4 is 5.73 Å². The molecule has 1 aromatic carbocycles. The molecule has 0 saturated carbocycles. The molecule has 4 heteroatoms. The van der Waals surface area contributed by atoms with Crippen molar-refractivity contribution in [2.75, 3.05) is 0 Å². The Kier molecular flexibility index (Phi) is 3.39. The number of benzene rings is 1. The van der Waals surface area contributed by atoms with Crippen LogP contribution in [0.3, 0.4) is 0 Å². The van der Waals surface area contributed by atoms with Gasteiger partial charge in [-0.25, -0.2) is 0 Å². The third-order valence-corrected chi connectivity index (χ3v) is 5.30. The molecule has 2 N–H and O–H groups in total. The number of amides is 1. The number of hydrogen-bond donors (Lipinski definition) is 1. The maximum Gasteiger partial charge on any atom is 0.254 e. The van der Waals surface area contributed by atoms with Crippen molar-refractivity contribution in [3.05, 3.63) is 33.8 Å². The smallest absolute Gasteiger partial charge is 0.254 e. The minimum atomic E-state index is 0.176. The van der Waals surface area contributed by atoms with E-state index in [0.717, 1.165) is 41.3 Å². The lowest BCUT2D eigenvalue weighted by molar-refractivity contribution is 0.0575. The van der Waals surface area contributed by atoms with Gasteiger partial charge in [-0.3, -0.25) is 4.79 Å². The number of halogens is 1. The number of nitrogens with zero attached hydrogens (tertiary/aromatic N) is 1. The highest BCUT2D eigenvalue weighted by Crippen LogP contribution is 2.36. The molecule has 2 atom stereocenters. The SMILES string of the molecule is Cc1cc(C(=O)N2C3CCC2CC(N)C3)ccc1Br. The van der Waals surface area contributed by atoms with Crippen LogP contribution in [0.5, 0.6) is 0 Å². The molecule has 3 nitrogen and oxygen atoms in total. The summed E-state index contributed by atoms with van der Waals surface area (Å²) in [5.74, 6) is 0.176. The molecule has 2 fully saturated rings. The summed E-state index contributed by atoms with van der Waals surface area (Å²) in [6.07, 6.45) is 4.13. The summed E-state index contributed by atoms with van der Waals surface area (Å²) < 4.78 is 1.05. The van der Waals surface area contributed by atoms with E-state index in [1.54, 1.807) is 0 Å². The van der Waals surface area contributed by atoms with Gasteiger partial charge in [0.25, 0.3) is 5.91 Å². The maximum absolute atomic E-state index is 12.7. The van der Waals surface area contributed by atoms with Gasteiger partial charge >= 0.3 is 0 Å². The molecule has 1 amide bonds. The van der Waals surface area contributed by atoms with E-state index in [9.17, 15) is 4.79 Å². The van der Waals surface area contributed by atoms with Gasteiger partial charge in [-0.1, -0.05) is 15.9 Å². The molecule has 2 bridgehead atoms. The van der Waals surface area contributed by atoms with E-state index in [4.69, 9.17) is 5.73 Å². The number of fused-ring (bicyclic) bond motifs is 2. The van der Waals surface area contributed by atoms with Crippen LogP contribution in [-0.4, -0.2) is 28.9 Å². The Morgan fingerprint density at radius 2 is 1.95 bits per heavy atom. The second-order valence-electron chi connectivity index (χ2n) is 5.79. The Balaban J connectivity index is 1.86. The monoisotopic (exact) mass is 322 g/mol. The zero-order chi connectivity index (χ0) is 13.6. The lowest BCUT2D eigenvalue weighted by atomic mass is 9.97. The molecule has 102 valence electrons. The molecule has 0 spiro atoms. The third-order valence-electron chi connectivity index (χ3n) is 4.41. The van der Waals surface area contributed by atoms with E-state index in [-0.39, 0.29) is 11.9 Å². The lowest BCUT2D eigenvalue weighted by Gasteiger charge is -2.37. The van der Waals surface area contributed by atoms with Gasteiger partial charge in [0.2, 0.25) is 0 Å². The van der Waals surface area contributed by atoms with E-state index >= 15 is 0 Å². The molecule has 0 aromatic heterocycles. The van der Waals surface area contributed by atoms with Gasteiger partial charge in [0.15, 0.2) is 0 Å². The van der Waals surface area contributed by atoms with Gasteiger partial charge in [0.05, 0.1) is 0 Å². The van der Waals surface area contributed by atoms with Crippen LogP contribution in [0.25, 0.3) is 0 Å². The Labute approximate surface area is 122 Å². The second-order valence-corrected chi connectivity index (χ2v) is 6.65. The largest absolute Gasteiger partial charge is 0.333 e. The summed E-state index contributed by atoms with van der Waals surface area (Å²) in [7, 11) is 0. The van der Waals surface area contributed by atoms with Crippen molar-refractivity contribution in [3.8, 4) is 0 Å². The fourth-order valence-electron chi connectivity index (χ4n) is 3.48. The lowest BCUT2D eigenvalue weighted by Crippen LogP contribution is -2.50. The molecule has 2 aliphatic heterocycles. The minimum Gasteiger partial charge on any atom is -0.333 e. The Hall–Kier alpha value is -0.870. The van der Waals surface area contributed by atoms with Gasteiger partial charge in [0.1, 0.15) is 0 Å². The average Bonchev–Trinajstić information content (AvgIpc) is 2.64. The molecule has 2 aliphatic rings. The summed E-state index contributed by atoms with van der Waals surface area (Å²) in [5.41, 5.74) is 7.96. The normalized spacial score (nSPS) is 29.6. The Morgan fingerprint density at radius 1 is 1.32 bits per heavy atom. The van der Waals surface area contributed by atoms with Crippen molar-refractivity contribution in [3.63, 3.8) is 0 Å². The molecular weight excluding hydrogens is 304 g/mol. The molecule has 3 rings (SSSR count). The fraction of sp³-hybridized carbons (Fsp3) is 0.533. The summed E-state index contributed by atoms with van der Waals surface area (Å²) >= 11 is 3.48. The molecule has 1 aromatic rings. The predicted octanol–water partition coefficient (Wildman–Crippen LogP) is 2.85. The number of carbonyl (C=O) groups is 1. The van der Waals surface area contributed by atoms with Crippen LogP contribution in [0.2, 0.25) is 0 Å². The van der Waals surface area contributed by atoms with E-state index in [1.165, 1.54) is 0 Å². The first kappa shape index (κ1) is 13.1. The van der Waals surface area contributed by atoms with Crippen molar-refractivity contribution < 1.29 is 4.79 Å². The first-order valence-electron chi connectivity index (χ1n) is 6.90. The molecular formula is C15H19BrN2O. The Morgan fingerprint density at radius 3 is 2.53 bits per heavy atom. The quantitative estimate of drug-likeness (QED) is 0.864. The first-order valence-corrected chi connectivity index (χ1v) is 7.70. The van der Waals surface area contributed by atoms with Crippen LogP contribution >= 0.6 is 15.9 Å². The molecule has 0 aliphatic carbocycles. The van der Waals surface area contributed by atoms with E-state index in [1.807, 2.05) is 25.1 Å². The van der Waals surface area contributed by atoms with E-state index in [2.05, 4.69) is 20.8 Å². The van der Waals surface area contributed by atoms with Crippen LogP contribution in [0, 0.1) is 6.92 Å². The fourth-order valence-corrected chi connectivity index (χ4v) is 3.72. The summed E-state index contributed by atoms with van der Waals surface area (Å²) in [6, 6.07) is 6.82. The predicted molar refractivity (Wildman–Crippen MR) is 79.1 cm³/mol. The average molecular weight is 323 g/mol. The van der Waals surface area contributed by atoms with E-state index in [0.29, 0.717) is 12.1 Å². The van der Waals surface area contributed by atoms with Crippen LogP contribution in [0.1, 0.15) is 41.6 Å². The van der Waals surface area contributed by atoms with Gasteiger partial charge in [-0.2, -0.15) is 0 Å². The summed E-state index contributed by atoms with van der Waals surface area (Å²) in [4.78, 5) is 14.8. The minimum absolute atomic E-state index is 0.176. The molecule has 0 radical (unpaired) electrons. The summed E-state index contributed by atoms with van der Waals surface area (Å²) in [6.45, 7) is 2.02. The number of rotatable bonds is 1. The highest BCUT2D eigenvalue weighted by Gasteiger charge is 2.42. The number of piperidine rings is 1. The van der Waals surface area contributed by atoms with E-state index < -0.39 is 0 Å².